The Balaban J connectivity index is 3.44. The highest BCUT2D eigenvalue weighted by Gasteiger charge is 2.20. The summed E-state index contributed by atoms with van der Waals surface area (Å²) in [7, 11) is 0. The molecule has 69 heavy (non-hydrogen) atoms. The summed E-state index contributed by atoms with van der Waals surface area (Å²) in [5.41, 5.74) is 0. The monoisotopic (exact) mass is 972 g/mol. The highest BCUT2D eigenvalue weighted by molar-refractivity contribution is 5.76. The summed E-state index contributed by atoms with van der Waals surface area (Å²) in [5.74, 6) is -0.0578. The average molecular weight is 973 g/mol. The van der Waals surface area contributed by atoms with Gasteiger partial charge in [0.25, 0.3) is 0 Å². The van der Waals surface area contributed by atoms with Crippen LogP contribution < -0.4 is 5.32 Å². The van der Waals surface area contributed by atoms with E-state index in [9.17, 15) is 19.8 Å². The Kier molecular flexibility index (Phi) is 57.5. The molecule has 0 fully saturated rings. The van der Waals surface area contributed by atoms with Crippen LogP contribution >= 0.6 is 0 Å². The predicted molar refractivity (Wildman–Crippen MR) is 301 cm³/mol. The number of amides is 1. The molecule has 3 N–H and O–H groups in total. The van der Waals surface area contributed by atoms with E-state index in [1.807, 2.05) is 0 Å². The number of aliphatic hydroxyl groups excluding tert-OH is 2. The number of aliphatic hydroxyl groups is 2. The second-order valence-electron chi connectivity index (χ2n) is 21.4. The van der Waals surface area contributed by atoms with E-state index in [0.29, 0.717) is 25.9 Å². The Bertz CT molecular complexity index is 1080. The van der Waals surface area contributed by atoms with Crippen molar-refractivity contribution in [3.63, 3.8) is 0 Å². The van der Waals surface area contributed by atoms with Gasteiger partial charge >= 0.3 is 5.97 Å². The lowest BCUT2D eigenvalue weighted by molar-refractivity contribution is -0.143. The first-order chi connectivity index (χ1) is 34.0. The second-order valence-corrected chi connectivity index (χ2v) is 21.4. The Morgan fingerprint density at radius 2 is 0.725 bits per heavy atom. The summed E-state index contributed by atoms with van der Waals surface area (Å²) >= 11 is 0. The minimum Gasteiger partial charge on any atom is -0.466 e. The van der Waals surface area contributed by atoms with Gasteiger partial charge in [0.1, 0.15) is 0 Å². The smallest absolute Gasteiger partial charge is 0.305 e. The maximum Gasteiger partial charge on any atom is 0.305 e. The Morgan fingerprint density at radius 1 is 0.406 bits per heavy atom. The van der Waals surface area contributed by atoms with E-state index in [1.54, 1.807) is 0 Å². The topological polar surface area (TPSA) is 95.9 Å². The Labute approximate surface area is 431 Å². The number of ether oxygens (including phenoxy) is 1. The van der Waals surface area contributed by atoms with E-state index in [0.717, 1.165) is 57.8 Å². The van der Waals surface area contributed by atoms with Crippen LogP contribution in [0.15, 0.2) is 24.3 Å². The van der Waals surface area contributed by atoms with Crippen LogP contribution in [0.2, 0.25) is 0 Å². The van der Waals surface area contributed by atoms with Crippen molar-refractivity contribution in [2.24, 2.45) is 0 Å². The van der Waals surface area contributed by atoms with Gasteiger partial charge in [-0.3, -0.25) is 9.59 Å². The van der Waals surface area contributed by atoms with Gasteiger partial charge in [-0.15, -0.1) is 0 Å². The van der Waals surface area contributed by atoms with Crippen LogP contribution in [0.3, 0.4) is 0 Å². The Hall–Kier alpha value is -1.66. The van der Waals surface area contributed by atoms with Crippen molar-refractivity contribution in [2.75, 3.05) is 13.2 Å². The lowest BCUT2D eigenvalue weighted by Crippen LogP contribution is -2.45. The van der Waals surface area contributed by atoms with Crippen molar-refractivity contribution in [3.05, 3.63) is 24.3 Å². The summed E-state index contributed by atoms with van der Waals surface area (Å²) in [6.45, 7) is 4.92. The molecule has 0 saturated carbocycles. The third-order valence-electron chi connectivity index (χ3n) is 14.5. The standard InChI is InChI=1S/C63H121NO5/c1-3-5-7-9-11-13-15-17-19-20-21-22-23-24-25-26-28-31-35-39-43-47-51-55-61(66)60(59-65)64-62(67)56-52-48-44-40-36-32-29-30-34-38-42-46-50-54-58-69-63(68)57-53-49-45-41-37-33-27-18-16-14-12-10-8-6-4-2/h12,14,18,27,60-61,65-66H,3-11,13,15-17,19-26,28-59H2,1-2H3,(H,64,67)/b14-12-,27-18-. The van der Waals surface area contributed by atoms with Crippen LogP contribution in [-0.4, -0.2) is 47.4 Å². The molecule has 2 atom stereocenters. The minimum atomic E-state index is -0.673. The fourth-order valence-electron chi connectivity index (χ4n) is 9.73. The van der Waals surface area contributed by atoms with Gasteiger partial charge in [-0.2, -0.15) is 0 Å². The summed E-state index contributed by atoms with van der Waals surface area (Å²) in [6.07, 6.45) is 71.8. The quantitative estimate of drug-likeness (QED) is 0.0321. The summed E-state index contributed by atoms with van der Waals surface area (Å²) in [5, 5.41) is 23.4. The highest BCUT2D eigenvalue weighted by atomic mass is 16.5. The number of nitrogens with one attached hydrogen (secondary N) is 1. The maximum absolute atomic E-state index is 12.5. The van der Waals surface area contributed by atoms with E-state index in [4.69, 9.17) is 4.74 Å². The first kappa shape index (κ1) is 67.3. The van der Waals surface area contributed by atoms with Crippen LogP contribution in [0, 0.1) is 0 Å². The predicted octanol–water partition coefficient (Wildman–Crippen LogP) is 19.4. The SMILES string of the molecule is CCCCC/C=C\C/C=C\CCCCCCCC(=O)OCCCCCCCCCCCCCCCCC(=O)NC(CO)C(O)CCCCCCCCCCCCCCCCCCCCCCCCC. The molecule has 0 aliphatic rings. The van der Waals surface area contributed by atoms with Crippen molar-refractivity contribution in [1.29, 1.82) is 0 Å². The van der Waals surface area contributed by atoms with E-state index in [2.05, 4.69) is 43.5 Å². The normalized spacial score (nSPS) is 12.7. The molecule has 0 aliphatic heterocycles. The van der Waals surface area contributed by atoms with Crippen molar-refractivity contribution in [1.82, 2.24) is 5.32 Å². The minimum absolute atomic E-state index is 0.0152. The molecule has 6 heteroatoms. The zero-order valence-corrected chi connectivity index (χ0v) is 46.6. The zero-order valence-electron chi connectivity index (χ0n) is 46.6. The lowest BCUT2D eigenvalue weighted by atomic mass is 10.0. The maximum atomic E-state index is 12.5. The molecule has 0 spiro atoms. The number of esters is 1. The number of rotatable bonds is 58. The first-order valence-corrected chi connectivity index (χ1v) is 31.1. The van der Waals surface area contributed by atoms with E-state index >= 15 is 0 Å². The van der Waals surface area contributed by atoms with Crippen LogP contribution in [0.1, 0.15) is 341 Å². The molecule has 1 amide bonds. The highest BCUT2D eigenvalue weighted by Crippen LogP contribution is 2.18. The molecule has 0 radical (unpaired) electrons. The van der Waals surface area contributed by atoms with E-state index < -0.39 is 12.1 Å². The lowest BCUT2D eigenvalue weighted by Gasteiger charge is -2.22. The molecular formula is C63H121NO5. The van der Waals surface area contributed by atoms with Crippen LogP contribution in [0.4, 0.5) is 0 Å². The first-order valence-electron chi connectivity index (χ1n) is 31.1. The number of hydrogen-bond donors (Lipinski definition) is 3. The number of hydrogen-bond acceptors (Lipinski definition) is 5. The van der Waals surface area contributed by atoms with Crippen molar-refractivity contribution < 1.29 is 24.5 Å². The molecule has 6 nitrogen and oxygen atoms in total. The molecule has 2 unspecified atom stereocenters. The fraction of sp³-hybridized carbons (Fsp3) is 0.905. The molecule has 0 aromatic rings. The second kappa shape index (κ2) is 58.9. The van der Waals surface area contributed by atoms with Gasteiger partial charge in [0.2, 0.25) is 5.91 Å². The van der Waals surface area contributed by atoms with Crippen LogP contribution in [0.5, 0.6) is 0 Å². The van der Waals surface area contributed by atoms with E-state index in [-0.39, 0.29) is 18.5 Å². The van der Waals surface area contributed by atoms with Crippen LogP contribution in [0.25, 0.3) is 0 Å². The number of carbonyl (C=O) groups excluding carboxylic acids is 2. The summed E-state index contributed by atoms with van der Waals surface area (Å²) < 4.78 is 5.47. The molecule has 0 rings (SSSR count). The third-order valence-corrected chi connectivity index (χ3v) is 14.5. The molecule has 0 heterocycles. The summed E-state index contributed by atoms with van der Waals surface area (Å²) in [6, 6.07) is -0.551. The number of unbranched alkanes of at least 4 members (excludes halogenated alkanes) is 43. The molecule has 0 aromatic heterocycles. The van der Waals surface area contributed by atoms with Gasteiger partial charge in [0.15, 0.2) is 0 Å². The van der Waals surface area contributed by atoms with Crippen molar-refractivity contribution in [2.45, 2.75) is 353 Å². The van der Waals surface area contributed by atoms with Crippen LogP contribution in [-0.2, 0) is 14.3 Å². The molecule has 0 aromatic carbocycles. The third kappa shape index (κ3) is 55.5. The Morgan fingerprint density at radius 3 is 1.13 bits per heavy atom. The van der Waals surface area contributed by atoms with Gasteiger partial charge in [0, 0.05) is 12.8 Å². The number of allylic oxidation sites excluding steroid dienone is 4. The zero-order chi connectivity index (χ0) is 50.0. The van der Waals surface area contributed by atoms with E-state index in [1.165, 1.54) is 250 Å². The molecule has 0 saturated heterocycles. The molecule has 0 aliphatic carbocycles. The van der Waals surface area contributed by atoms with Gasteiger partial charge < -0.3 is 20.3 Å². The van der Waals surface area contributed by atoms with Crippen molar-refractivity contribution >= 4 is 11.9 Å². The molecule has 408 valence electrons. The fourth-order valence-corrected chi connectivity index (χ4v) is 9.73. The summed E-state index contributed by atoms with van der Waals surface area (Å²) in [4.78, 5) is 24.6. The average Bonchev–Trinajstić information content (AvgIpc) is 3.35. The van der Waals surface area contributed by atoms with Crippen molar-refractivity contribution in [3.8, 4) is 0 Å². The van der Waals surface area contributed by atoms with Gasteiger partial charge in [-0.25, -0.2) is 0 Å². The van der Waals surface area contributed by atoms with Gasteiger partial charge in [-0.05, 0) is 57.8 Å². The van der Waals surface area contributed by atoms with Gasteiger partial charge in [-0.1, -0.05) is 295 Å². The molecular weight excluding hydrogens is 851 g/mol. The number of carbonyl (C=O) groups is 2. The van der Waals surface area contributed by atoms with Gasteiger partial charge in [0.05, 0.1) is 25.4 Å². The molecule has 0 bridgehead atoms. The largest absolute Gasteiger partial charge is 0.466 e.